The van der Waals surface area contributed by atoms with E-state index in [0.717, 1.165) is 25.0 Å². The van der Waals surface area contributed by atoms with Crippen LogP contribution in [0.1, 0.15) is 17.5 Å². The molecule has 0 unspecified atom stereocenters. The molecule has 0 aromatic heterocycles. The van der Waals surface area contributed by atoms with Gasteiger partial charge < -0.3 is 4.74 Å². The molecule has 0 amide bonds. The van der Waals surface area contributed by atoms with Crippen molar-refractivity contribution in [1.29, 1.82) is 0 Å². The predicted octanol–water partition coefficient (Wildman–Crippen LogP) is 1.02. The van der Waals surface area contributed by atoms with Gasteiger partial charge in [-0.05, 0) is 42.5 Å². The fourth-order valence-electron chi connectivity index (χ4n) is 2.00. The Balaban J connectivity index is 2.25. The molecule has 3 N–H and O–H groups in total. The van der Waals surface area contributed by atoms with Crippen LogP contribution >= 0.6 is 0 Å². The number of nitrogens with one attached hydrogen (secondary N) is 1. The van der Waals surface area contributed by atoms with E-state index in [1.807, 2.05) is 6.07 Å². The largest absolute Gasteiger partial charge is 0.497 e. The SMILES string of the molecule is COc1ccc2c(c1)C[C@@H](NN)CC2. The maximum Gasteiger partial charge on any atom is 0.119 e. The lowest BCUT2D eigenvalue weighted by molar-refractivity contribution is 0.411. The average Bonchev–Trinajstić information content (AvgIpc) is 2.27. The van der Waals surface area contributed by atoms with Gasteiger partial charge in [0.15, 0.2) is 0 Å². The normalized spacial score (nSPS) is 20.3. The van der Waals surface area contributed by atoms with Crippen molar-refractivity contribution in [3.63, 3.8) is 0 Å². The standard InChI is InChI=1S/C11H16N2O/c1-14-11-5-3-8-2-4-10(13-12)6-9(8)7-11/h3,5,7,10,13H,2,4,6,12H2,1H3/t10-/m0/s1. The third kappa shape index (κ3) is 1.74. The van der Waals surface area contributed by atoms with E-state index in [9.17, 15) is 0 Å². The highest BCUT2D eigenvalue weighted by atomic mass is 16.5. The molecular formula is C11H16N2O. The predicted molar refractivity (Wildman–Crippen MR) is 56.1 cm³/mol. The van der Waals surface area contributed by atoms with E-state index in [4.69, 9.17) is 10.6 Å². The molecule has 0 spiro atoms. The van der Waals surface area contributed by atoms with Gasteiger partial charge in [0.2, 0.25) is 0 Å². The summed E-state index contributed by atoms with van der Waals surface area (Å²) in [6.07, 6.45) is 3.23. The maximum atomic E-state index is 5.45. The van der Waals surface area contributed by atoms with E-state index in [1.54, 1.807) is 7.11 Å². The van der Waals surface area contributed by atoms with Crippen LogP contribution in [0, 0.1) is 0 Å². The van der Waals surface area contributed by atoms with Crippen molar-refractivity contribution >= 4 is 0 Å². The first-order valence-electron chi connectivity index (χ1n) is 4.95. The zero-order valence-corrected chi connectivity index (χ0v) is 8.42. The monoisotopic (exact) mass is 192 g/mol. The van der Waals surface area contributed by atoms with Gasteiger partial charge >= 0.3 is 0 Å². The molecule has 0 saturated heterocycles. The Morgan fingerprint density at radius 2 is 2.29 bits per heavy atom. The number of methoxy groups -OCH3 is 1. The van der Waals surface area contributed by atoms with E-state index in [1.165, 1.54) is 11.1 Å². The summed E-state index contributed by atoms with van der Waals surface area (Å²) in [6, 6.07) is 6.70. The molecule has 14 heavy (non-hydrogen) atoms. The Labute approximate surface area is 84.2 Å². The van der Waals surface area contributed by atoms with Crippen LogP contribution in [-0.4, -0.2) is 13.2 Å². The second kappa shape index (κ2) is 3.98. The van der Waals surface area contributed by atoms with Gasteiger partial charge in [0.05, 0.1) is 7.11 Å². The zero-order chi connectivity index (χ0) is 9.97. The fourth-order valence-corrected chi connectivity index (χ4v) is 2.00. The van der Waals surface area contributed by atoms with Crippen molar-refractivity contribution in [3.8, 4) is 5.75 Å². The first-order chi connectivity index (χ1) is 6.83. The summed E-state index contributed by atoms with van der Waals surface area (Å²) in [5.41, 5.74) is 5.63. The molecule has 0 fully saturated rings. The summed E-state index contributed by atoms with van der Waals surface area (Å²) >= 11 is 0. The number of hydrazine groups is 1. The van der Waals surface area contributed by atoms with Gasteiger partial charge in [0.1, 0.15) is 5.75 Å². The highest BCUT2D eigenvalue weighted by Gasteiger charge is 2.17. The molecule has 3 heteroatoms. The number of fused-ring (bicyclic) bond motifs is 1. The Morgan fingerprint density at radius 3 is 3.00 bits per heavy atom. The molecule has 0 aliphatic heterocycles. The summed E-state index contributed by atoms with van der Waals surface area (Å²) in [6.45, 7) is 0. The van der Waals surface area contributed by atoms with Gasteiger partial charge in [-0.25, -0.2) is 0 Å². The lowest BCUT2D eigenvalue weighted by atomic mass is 9.88. The van der Waals surface area contributed by atoms with Crippen LogP contribution in [0.4, 0.5) is 0 Å². The number of hydrogen-bond acceptors (Lipinski definition) is 3. The van der Waals surface area contributed by atoms with Crippen molar-refractivity contribution in [3.05, 3.63) is 29.3 Å². The second-order valence-corrected chi connectivity index (χ2v) is 3.74. The lowest BCUT2D eigenvalue weighted by Crippen LogP contribution is -2.39. The third-order valence-electron chi connectivity index (χ3n) is 2.88. The molecule has 76 valence electrons. The number of hydrogen-bond donors (Lipinski definition) is 2. The zero-order valence-electron chi connectivity index (χ0n) is 8.42. The minimum atomic E-state index is 0.412. The van der Waals surface area contributed by atoms with Crippen LogP contribution in [0.25, 0.3) is 0 Å². The summed E-state index contributed by atoms with van der Waals surface area (Å²) in [5, 5.41) is 0. The van der Waals surface area contributed by atoms with Gasteiger partial charge in [0, 0.05) is 6.04 Å². The van der Waals surface area contributed by atoms with Crippen molar-refractivity contribution < 1.29 is 4.74 Å². The Hall–Kier alpha value is -1.06. The molecular weight excluding hydrogens is 176 g/mol. The van der Waals surface area contributed by atoms with Crippen LogP contribution in [0.3, 0.4) is 0 Å². The first-order valence-corrected chi connectivity index (χ1v) is 4.95. The summed E-state index contributed by atoms with van der Waals surface area (Å²) in [4.78, 5) is 0. The molecule has 2 rings (SSSR count). The smallest absolute Gasteiger partial charge is 0.119 e. The first kappa shape index (κ1) is 9.49. The summed E-state index contributed by atoms with van der Waals surface area (Å²) < 4.78 is 5.20. The van der Waals surface area contributed by atoms with Crippen molar-refractivity contribution in [2.24, 2.45) is 5.84 Å². The molecule has 0 saturated carbocycles. The van der Waals surface area contributed by atoms with E-state index >= 15 is 0 Å². The second-order valence-electron chi connectivity index (χ2n) is 3.74. The number of nitrogens with two attached hydrogens (primary N) is 1. The highest BCUT2D eigenvalue weighted by molar-refractivity contribution is 5.37. The number of aryl methyl sites for hydroxylation is 1. The Bertz CT molecular complexity index is 325. The fraction of sp³-hybridized carbons (Fsp3) is 0.455. The third-order valence-corrected chi connectivity index (χ3v) is 2.88. The van der Waals surface area contributed by atoms with Gasteiger partial charge in [-0.15, -0.1) is 0 Å². The molecule has 0 bridgehead atoms. The van der Waals surface area contributed by atoms with Crippen LogP contribution in [-0.2, 0) is 12.8 Å². The van der Waals surface area contributed by atoms with Crippen LogP contribution in [0.15, 0.2) is 18.2 Å². The molecule has 1 aliphatic rings. The van der Waals surface area contributed by atoms with Crippen LogP contribution in [0.2, 0.25) is 0 Å². The minimum absolute atomic E-state index is 0.412. The summed E-state index contributed by atoms with van der Waals surface area (Å²) in [7, 11) is 1.70. The van der Waals surface area contributed by atoms with Crippen LogP contribution < -0.4 is 16.0 Å². The van der Waals surface area contributed by atoms with Gasteiger partial charge in [0.25, 0.3) is 0 Å². The average molecular weight is 192 g/mol. The quantitative estimate of drug-likeness (QED) is 0.543. The highest BCUT2D eigenvalue weighted by Crippen LogP contribution is 2.25. The maximum absolute atomic E-state index is 5.45. The van der Waals surface area contributed by atoms with E-state index in [0.29, 0.717) is 6.04 Å². The number of rotatable bonds is 2. The Kier molecular flexibility index (Phi) is 2.70. The van der Waals surface area contributed by atoms with E-state index in [2.05, 4.69) is 17.6 Å². The van der Waals surface area contributed by atoms with Crippen molar-refractivity contribution in [2.45, 2.75) is 25.3 Å². The molecule has 0 radical (unpaired) electrons. The Morgan fingerprint density at radius 1 is 1.43 bits per heavy atom. The van der Waals surface area contributed by atoms with Crippen molar-refractivity contribution in [1.82, 2.24) is 5.43 Å². The molecule has 1 aromatic rings. The van der Waals surface area contributed by atoms with Gasteiger partial charge in [-0.1, -0.05) is 6.07 Å². The number of benzene rings is 1. The van der Waals surface area contributed by atoms with E-state index in [-0.39, 0.29) is 0 Å². The molecule has 3 nitrogen and oxygen atoms in total. The number of ether oxygens (including phenoxy) is 1. The van der Waals surface area contributed by atoms with E-state index < -0.39 is 0 Å². The lowest BCUT2D eigenvalue weighted by Gasteiger charge is -2.24. The van der Waals surface area contributed by atoms with Crippen LogP contribution in [0.5, 0.6) is 5.75 Å². The molecule has 1 atom stereocenters. The summed E-state index contributed by atoms with van der Waals surface area (Å²) in [5.74, 6) is 6.38. The molecule has 1 aliphatic carbocycles. The van der Waals surface area contributed by atoms with Gasteiger partial charge in [-0.3, -0.25) is 11.3 Å². The van der Waals surface area contributed by atoms with Crippen molar-refractivity contribution in [2.75, 3.05) is 7.11 Å². The van der Waals surface area contributed by atoms with Gasteiger partial charge in [-0.2, -0.15) is 0 Å². The molecule has 0 heterocycles. The minimum Gasteiger partial charge on any atom is -0.497 e. The topological polar surface area (TPSA) is 47.3 Å². The molecule has 1 aromatic carbocycles.